The molecule has 0 saturated carbocycles. The molecule has 0 radical (unpaired) electrons. The van der Waals surface area contributed by atoms with Crippen molar-refractivity contribution < 1.29 is 13.9 Å². The van der Waals surface area contributed by atoms with Crippen LogP contribution in [0.2, 0.25) is 0 Å². The molecule has 0 aliphatic carbocycles. The maximum atomic E-state index is 12.3. The molecule has 0 bridgehead atoms. The smallest absolute Gasteiger partial charge is 0.191 e. The summed E-state index contributed by atoms with van der Waals surface area (Å²) in [6.45, 7) is 1.45. The summed E-state index contributed by atoms with van der Waals surface area (Å²) in [5, 5.41) is 1.37. The van der Waals surface area contributed by atoms with Crippen LogP contribution in [0.25, 0.3) is 10.6 Å². The molecule has 4 N–H and O–H groups in total. The largest absolute Gasteiger partial charge is 0.493 e. The number of alkyl halides is 1. The second kappa shape index (κ2) is 9.07. The van der Waals surface area contributed by atoms with Gasteiger partial charge in [-0.15, -0.1) is 11.3 Å². The number of nitrogens with two attached hydrogens (primary N) is 2. The van der Waals surface area contributed by atoms with Crippen molar-refractivity contribution in [2.75, 3.05) is 31.9 Å². The first-order valence-electron chi connectivity index (χ1n) is 8.36. The van der Waals surface area contributed by atoms with E-state index in [4.69, 9.17) is 25.9 Å². The van der Waals surface area contributed by atoms with E-state index >= 15 is 0 Å². The highest BCUT2D eigenvalue weighted by Gasteiger charge is 2.14. The van der Waals surface area contributed by atoms with Crippen LogP contribution < -0.4 is 20.9 Å². The number of methoxy groups -OCH3 is 1. The number of thioether (sulfide) groups is 1. The molecule has 28 heavy (non-hydrogen) atoms. The van der Waals surface area contributed by atoms with Gasteiger partial charge in [-0.2, -0.15) is 0 Å². The number of ether oxygens (including phenoxy) is 2. The van der Waals surface area contributed by atoms with Gasteiger partial charge in [0.1, 0.15) is 29.9 Å². The minimum Gasteiger partial charge on any atom is -0.493 e. The van der Waals surface area contributed by atoms with Gasteiger partial charge < -0.3 is 20.9 Å². The van der Waals surface area contributed by atoms with Crippen molar-refractivity contribution in [2.24, 2.45) is 0 Å². The Kier molecular flexibility index (Phi) is 6.53. The third-order valence-corrected chi connectivity index (χ3v) is 5.64. The molecule has 2 aromatic heterocycles. The zero-order valence-electron chi connectivity index (χ0n) is 15.4. The van der Waals surface area contributed by atoms with Gasteiger partial charge in [0.2, 0.25) is 0 Å². The maximum Gasteiger partial charge on any atom is 0.191 e. The second-order valence-electron chi connectivity index (χ2n) is 5.71. The van der Waals surface area contributed by atoms with E-state index in [0.29, 0.717) is 34.0 Å². The molecule has 0 spiro atoms. The lowest BCUT2D eigenvalue weighted by molar-refractivity contribution is 0.260. The van der Waals surface area contributed by atoms with Crippen LogP contribution in [0, 0.1) is 6.92 Å². The standard InChI is InChI=1S/C18H20FN5O2S2/c1-10-12(9-27-18-23-15(20)8-16(21)24-18)22-17(28-10)11-3-4-13(26-6-5-19)14(7-11)25-2/h3-4,7-8H,5-6,9H2,1-2H3,(H4,20,21,23,24). The Hall–Kier alpha value is -2.59. The normalized spacial score (nSPS) is 10.8. The SMILES string of the molecule is COc1cc(-c2nc(CSc3nc(N)cc(N)n3)c(C)s2)ccc1OCCF. The average molecular weight is 422 g/mol. The van der Waals surface area contributed by atoms with Crippen LogP contribution in [0.15, 0.2) is 29.4 Å². The van der Waals surface area contributed by atoms with E-state index in [1.807, 2.05) is 19.1 Å². The first-order valence-corrected chi connectivity index (χ1v) is 10.2. The number of nitrogen functional groups attached to an aromatic ring is 2. The Morgan fingerprint density at radius 1 is 1.11 bits per heavy atom. The molecular formula is C18H20FN5O2S2. The van der Waals surface area contributed by atoms with Crippen LogP contribution >= 0.6 is 23.1 Å². The summed E-state index contributed by atoms with van der Waals surface area (Å²) in [6, 6.07) is 7.00. The Balaban J connectivity index is 1.77. The van der Waals surface area contributed by atoms with Crippen molar-refractivity contribution in [2.45, 2.75) is 17.8 Å². The van der Waals surface area contributed by atoms with E-state index in [0.717, 1.165) is 21.1 Å². The van der Waals surface area contributed by atoms with Gasteiger partial charge >= 0.3 is 0 Å². The number of aromatic nitrogens is 3. The minimum atomic E-state index is -0.556. The molecule has 10 heteroatoms. The van der Waals surface area contributed by atoms with Crippen LogP contribution in [0.4, 0.5) is 16.0 Å². The molecule has 0 aliphatic rings. The second-order valence-corrected chi connectivity index (χ2v) is 7.86. The quantitative estimate of drug-likeness (QED) is 0.418. The molecule has 3 rings (SSSR count). The van der Waals surface area contributed by atoms with Gasteiger partial charge in [-0.25, -0.2) is 19.3 Å². The van der Waals surface area contributed by atoms with E-state index in [9.17, 15) is 4.39 Å². The Morgan fingerprint density at radius 2 is 1.86 bits per heavy atom. The number of halogens is 1. The van der Waals surface area contributed by atoms with Gasteiger partial charge in [0.15, 0.2) is 16.7 Å². The molecule has 7 nitrogen and oxygen atoms in total. The fourth-order valence-corrected chi connectivity index (χ4v) is 4.32. The molecule has 0 amide bonds. The topological polar surface area (TPSA) is 109 Å². The number of anilines is 2. The molecule has 0 atom stereocenters. The molecular weight excluding hydrogens is 401 g/mol. The zero-order chi connectivity index (χ0) is 20.1. The molecule has 1 aromatic carbocycles. The number of thiazole rings is 1. The van der Waals surface area contributed by atoms with Crippen molar-refractivity contribution >= 4 is 34.7 Å². The van der Waals surface area contributed by atoms with Gasteiger partial charge in [-0.1, -0.05) is 11.8 Å². The molecule has 0 saturated heterocycles. The highest BCUT2D eigenvalue weighted by molar-refractivity contribution is 7.98. The van der Waals surface area contributed by atoms with Crippen molar-refractivity contribution in [1.82, 2.24) is 15.0 Å². The van der Waals surface area contributed by atoms with E-state index in [1.54, 1.807) is 24.5 Å². The molecule has 0 fully saturated rings. The summed E-state index contributed by atoms with van der Waals surface area (Å²) >= 11 is 3.01. The summed E-state index contributed by atoms with van der Waals surface area (Å²) < 4.78 is 23.0. The summed E-state index contributed by atoms with van der Waals surface area (Å²) in [5.41, 5.74) is 13.3. The van der Waals surface area contributed by atoms with E-state index in [2.05, 4.69) is 9.97 Å². The predicted octanol–water partition coefficient (Wildman–Crippen LogP) is 3.72. The lowest BCUT2D eigenvalue weighted by Gasteiger charge is -2.10. The number of benzene rings is 1. The first-order chi connectivity index (χ1) is 13.5. The van der Waals surface area contributed by atoms with Gasteiger partial charge in [-0.05, 0) is 25.1 Å². The van der Waals surface area contributed by atoms with Crippen molar-refractivity contribution in [3.05, 3.63) is 34.8 Å². The van der Waals surface area contributed by atoms with Gasteiger partial charge in [-0.3, -0.25) is 0 Å². The number of hydrogen-bond acceptors (Lipinski definition) is 9. The third kappa shape index (κ3) is 4.82. The minimum absolute atomic E-state index is 0.00990. The fraction of sp³-hybridized carbons (Fsp3) is 0.278. The first kappa shape index (κ1) is 20.2. The Bertz CT molecular complexity index is 947. The molecule has 0 unspecified atom stereocenters. The number of hydrogen-bond donors (Lipinski definition) is 2. The highest BCUT2D eigenvalue weighted by Crippen LogP contribution is 2.36. The van der Waals surface area contributed by atoms with E-state index in [1.165, 1.54) is 17.8 Å². The summed E-state index contributed by atoms with van der Waals surface area (Å²) in [5.74, 6) is 2.32. The van der Waals surface area contributed by atoms with E-state index in [-0.39, 0.29) is 6.61 Å². The van der Waals surface area contributed by atoms with E-state index < -0.39 is 6.67 Å². The van der Waals surface area contributed by atoms with Gasteiger partial charge in [0.25, 0.3) is 0 Å². The van der Waals surface area contributed by atoms with Crippen LogP contribution in [-0.4, -0.2) is 35.3 Å². The highest BCUT2D eigenvalue weighted by atomic mass is 32.2. The average Bonchev–Trinajstić information content (AvgIpc) is 3.04. The lowest BCUT2D eigenvalue weighted by atomic mass is 10.2. The predicted molar refractivity (Wildman–Crippen MR) is 111 cm³/mol. The van der Waals surface area contributed by atoms with Crippen molar-refractivity contribution in [3.63, 3.8) is 0 Å². The summed E-state index contributed by atoms with van der Waals surface area (Å²) in [7, 11) is 1.55. The van der Waals surface area contributed by atoms with Gasteiger partial charge in [0, 0.05) is 22.3 Å². The zero-order valence-corrected chi connectivity index (χ0v) is 17.1. The molecule has 148 valence electrons. The van der Waals surface area contributed by atoms with Crippen molar-refractivity contribution in [3.8, 4) is 22.1 Å². The van der Waals surface area contributed by atoms with Crippen LogP contribution in [0.3, 0.4) is 0 Å². The van der Waals surface area contributed by atoms with Crippen LogP contribution in [0.5, 0.6) is 11.5 Å². The van der Waals surface area contributed by atoms with Gasteiger partial charge in [0.05, 0.1) is 12.8 Å². The fourth-order valence-electron chi connectivity index (χ4n) is 2.41. The number of nitrogens with zero attached hydrogens (tertiary/aromatic N) is 3. The van der Waals surface area contributed by atoms with Crippen LogP contribution in [0.1, 0.15) is 10.6 Å². The summed E-state index contributed by atoms with van der Waals surface area (Å²) in [6.07, 6.45) is 0. The Labute approximate surface area is 170 Å². The maximum absolute atomic E-state index is 12.3. The molecule has 0 aliphatic heterocycles. The third-order valence-electron chi connectivity index (χ3n) is 3.72. The monoisotopic (exact) mass is 421 g/mol. The van der Waals surface area contributed by atoms with Crippen molar-refractivity contribution in [1.29, 1.82) is 0 Å². The molecule has 3 aromatic rings. The lowest BCUT2D eigenvalue weighted by Crippen LogP contribution is -2.00. The van der Waals surface area contributed by atoms with Crippen LogP contribution in [-0.2, 0) is 5.75 Å². The Morgan fingerprint density at radius 3 is 2.54 bits per heavy atom. The number of rotatable bonds is 8. The number of aryl methyl sites for hydroxylation is 1. The molecule has 2 heterocycles. The summed E-state index contributed by atoms with van der Waals surface area (Å²) in [4.78, 5) is 14.2.